The first kappa shape index (κ1) is 9.83. The Balaban J connectivity index is 3.32. The molecule has 0 saturated carbocycles. The summed E-state index contributed by atoms with van der Waals surface area (Å²) >= 11 is 0. The molecule has 0 spiro atoms. The number of alkyl halides is 3. The summed E-state index contributed by atoms with van der Waals surface area (Å²) in [5.74, 6) is 0. The molecule has 0 amide bonds. The van der Waals surface area contributed by atoms with E-state index in [1.165, 1.54) is 13.8 Å². The molecule has 5 heteroatoms. The predicted octanol–water partition coefficient (Wildman–Crippen LogP) is 1.96. The van der Waals surface area contributed by atoms with Crippen LogP contribution >= 0.6 is 0 Å². The number of rotatable bonds is 0. The molecule has 0 saturated heterocycles. The number of hydrogen-bond donors (Lipinski definition) is 0. The van der Waals surface area contributed by atoms with Crippen LogP contribution in [0.3, 0.4) is 0 Å². The maximum absolute atomic E-state index is 12.2. The third-order valence-electron chi connectivity index (χ3n) is 1.74. The molecule has 0 unspecified atom stereocenters. The second-order valence-corrected chi connectivity index (χ2v) is 2.84. The number of aryl methyl sites for hydroxylation is 2. The van der Waals surface area contributed by atoms with E-state index in [1.807, 2.05) is 0 Å². The lowest BCUT2D eigenvalue weighted by Crippen LogP contribution is -2.31. The summed E-state index contributed by atoms with van der Waals surface area (Å²) in [7, 11) is 0. The second kappa shape index (κ2) is 2.90. The van der Waals surface area contributed by atoms with E-state index in [1.54, 1.807) is 0 Å². The highest BCUT2D eigenvalue weighted by atomic mass is 19.4. The molecule has 2 nitrogen and oxygen atoms in total. The van der Waals surface area contributed by atoms with E-state index in [4.69, 9.17) is 0 Å². The number of nitrogens with zero attached hydrogens (tertiary/aromatic N) is 1. The van der Waals surface area contributed by atoms with Crippen LogP contribution in [0.15, 0.2) is 12.3 Å². The van der Waals surface area contributed by atoms with Gasteiger partial charge in [-0.25, -0.2) is 0 Å². The standard InChI is InChI=1S/C8H8F3NO/c1-5-4-12(13)6(2)3-7(5)8(9,10)11/h3-4H,1-2H3. The van der Waals surface area contributed by atoms with Crippen molar-refractivity contribution in [1.82, 2.24) is 0 Å². The lowest BCUT2D eigenvalue weighted by molar-refractivity contribution is -0.612. The predicted molar refractivity (Wildman–Crippen MR) is 39.9 cm³/mol. The molecule has 0 bridgehead atoms. The summed E-state index contributed by atoms with van der Waals surface area (Å²) < 4.78 is 37.2. The second-order valence-electron chi connectivity index (χ2n) is 2.84. The number of hydrogen-bond acceptors (Lipinski definition) is 1. The molecule has 0 atom stereocenters. The quantitative estimate of drug-likeness (QED) is 0.455. The molecule has 0 aliphatic rings. The van der Waals surface area contributed by atoms with Crippen LogP contribution in [-0.4, -0.2) is 0 Å². The van der Waals surface area contributed by atoms with Gasteiger partial charge in [0.1, 0.15) is 0 Å². The van der Waals surface area contributed by atoms with Gasteiger partial charge in [-0.15, -0.1) is 0 Å². The fourth-order valence-corrected chi connectivity index (χ4v) is 1.04. The van der Waals surface area contributed by atoms with E-state index in [9.17, 15) is 18.4 Å². The Morgan fingerprint density at radius 2 is 1.85 bits per heavy atom. The SMILES string of the molecule is Cc1c[n+]([O-])c(C)cc1C(F)(F)F. The van der Waals surface area contributed by atoms with Crippen molar-refractivity contribution in [2.24, 2.45) is 0 Å². The van der Waals surface area contributed by atoms with Gasteiger partial charge in [-0.1, -0.05) is 0 Å². The minimum absolute atomic E-state index is 0.0397. The van der Waals surface area contributed by atoms with E-state index in [-0.39, 0.29) is 11.3 Å². The third kappa shape index (κ3) is 1.91. The van der Waals surface area contributed by atoms with Gasteiger partial charge in [-0.3, -0.25) is 0 Å². The van der Waals surface area contributed by atoms with Crippen LogP contribution in [0.5, 0.6) is 0 Å². The van der Waals surface area contributed by atoms with Gasteiger partial charge in [0, 0.05) is 18.6 Å². The molecule has 0 radical (unpaired) electrons. The topological polar surface area (TPSA) is 26.9 Å². The zero-order valence-electron chi connectivity index (χ0n) is 7.14. The zero-order valence-corrected chi connectivity index (χ0v) is 7.14. The molecular formula is C8H8F3NO. The molecule has 1 rings (SSSR count). The lowest BCUT2D eigenvalue weighted by Gasteiger charge is -2.10. The molecule has 0 aromatic carbocycles. The minimum Gasteiger partial charge on any atom is -0.619 e. The number of pyridine rings is 1. The van der Waals surface area contributed by atoms with Crippen LogP contribution in [0.4, 0.5) is 13.2 Å². The van der Waals surface area contributed by atoms with E-state index in [2.05, 4.69) is 0 Å². The Bertz CT molecular complexity index is 333. The maximum Gasteiger partial charge on any atom is 0.417 e. The van der Waals surface area contributed by atoms with E-state index in [0.717, 1.165) is 12.3 Å². The summed E-state index contributed by atoms with van der Waals surface area (Å²) in [6.45, 7) is 2.60. The van der Waals surface area contributed by atoms with Crippen LogP contribution in [0, 0.1) is 19.1 Å². The normalized spacial score (nSPS) is 11.8. The number of halogens is 3. The highest BCUT2D eigenvalue weighted by molar-refractivity contribution is 5.25. The maximum atomic E-state index is 12.2. The highest BCUT2D eigenvalue weighted by Crippen LogP contribution is 2.31. The largest absolute Gasteiger partial charge is 0.619 e. The minimum atomic E-state index is -4.39. The molecule has 0 N–H and O–H groups in total. The molecular weight excluding hydrogens is 183 g/mol. The molecule has 1 aromatic heterocycles. The molecule has 0 aliphatic carbocycles. The smallest absolute Gasteiger partial charge is 0.417 e. The summed E-state index contributed by atoms with van der Waals surface area (Å²) in [5, 5.41) is 10.9. The lowest BCUT2D eigenvalue weighted by atomic mass is 10.1. The average Bonchev–Trinajstić information content (AvgIpc) is 1.94. The molecule has 13 heavy (non-hydrogen) atoms. The summed E-state index contributed by atoms with van der Waals surface area (Å²) in [6.07, 6.45) is -3.46. The van der Waals surface area contributed by atoms with Crippen molar-refractivity contribution in [2.75, 3.05) is 0 Å². The van der Waals surface area contributed by atoms with Crippen molar-refractivity contribution in [3.8, 4) is 0 Å². The summed E-state index contributed by atoms with van der Waals surface area (Å²) in [4.78, 5) is 0. The molecule has 72 valence electrons. The van der Waals surface area contributed by atoms with Crippen LogP contribution in [0.2, 0.25) is 0 Å². The molecule has 0 fully saturated rings. The van der Waals surface area contributed by atoms with Crippen molar-refractivity contribution in [1.29, 1.82) is 0 Å². The van der Waals surface area contributed by atoms with Crippen LogP contribution in [0.25, 0.3) is 0 Å². The number of aromatic nitrogens is 1. The van der Waals surface area contributed by atoms with Gasteiger partial charge in [0.05, 0.1) is 5.56 Å². The van der Waals surface area contributed by atoms with Crippen molar-refractivity contribution in [3.05, 3.63) is 34.3 Å². The Morgan fingerprint density at radius 1 is 1.31 bits per heavy atom. The highest BCUT2D eigenvalue weighted by Gasteiger charge is 2.34. The van der Waals surface area contributed by atoms with Gasteiger partial charge in [0.15, 0.2) is 11.9 Å². The Labute approximate surface area is 73.2 Å². The fraction of sp³-hybridized carbons (Fsp3) is 0.375. The van der Waals surface area contributed by atoms with Gasteiger partial charge in [0.2, 0.25) is 0 Å². The Morgan fingerprint density at radius 3 is 2.31 bits per heavy atom. The summed E-state index contributed by atoms with van der Waals surface area (Å²) in [6, 6.07) is 0.850. The van der Waals surface area contributed by atoms with Gasteiger partial charge < -0.3 is 5.21 Å². The third-order valence-corrected chi connectivity index (χ3v) is 1.74. The van der Waals surface area contributed by atoms with Gasteiger partial charge in [0.25, 0.3) is 0 Å². The van der Waals surface area contributed by atoms with Crippen LogP contribution in [-0.2, 0) is 6.18 Å². The van der Waals surface area contributed by atoms with Crippen LogP contribution < -0.4 is 4.73 Å². The van der Waals surface area contributed by atoms with Gasteiger partial charge >= 0.3 is 6.18 Å². The van der Waals surface area contributed by atoms with Crippen molar-refractivity contribution in [3.63, 3.8) is 0 Å². The molecule has 1 aromatic rings. The zero-order chi connectivity index (χ0) is 10.2. The monoisotopic (exact) mass is 191 g/mol. The van der Waals surface area contributed by atoms with E-state index >= 15 is 0 Å². The molecule has 0 aliphatic heterocycles. The van der Waals surface area contributed by atoms with Crippen molar-refractivity contribution < 1.29 is 17.9 Å². The molecule has 1 heterocycles. The van der Waals surface area contributed by atoms with Crippen molar-refractivity contribution >= 4 is 0 Å². The van der Waals surface area contributed by atoms with Gasteiger partial charge in [-0.2, -0.15) is 17.9 Å². The first-order valence-electron chi connectivity index (χ1n) is 3.60. The van der Waals surface area contributed by atoms with Crippen molar-refractivity contribution in [2.45, 2.75) is 20.0 Å². The van der Waals surface area contributed by atoms with Gasteiger partial charge in [-0.05, 0) is 6.92 Å². The average molecular weight is 191 g/mol. The van der Waals surface area contributed by atoms with Crippen LogP contribution in [0.1, 0.15) is 16.8 Å². The Hall–Kier alpha value is -1.26. The summed E-state index contributed by atoms with van der Waals surface area (Å²) in [5.41, 5.74) is -0.775. The van der Waals surface area contributed by atoms with E-state index < -0.39 is 11.7 Å². The first-order chi connectivity index (χ1) is 5.82. The van der Waals surface area contributed by atoms with E-state index in [0.29, 0.717) is 4.73 Å². The first-order valence-corrected chi connectivity index (χ1v) is 3.60. The fourth-order valence-electron chi connectivity index (χ4n) is 1.04. The Kier molecular flexibility index (Phi) is 2.19.